The van der Waals surface area contributed by atoms with Gasteiger partial charge in [0.05, 0.1) is 33.7 Å². The summed E-state index contributed by atoms with van der Waals surface area (Å²) in [5.74, 6) is -7.82. The van der Waals surface area contributed by atoms with E-state index in [1.807, 2.05) is 31.2 Å². The highest BCUT2D eigenvalue weighted by Crippen LogP contribution is 2.64. The zero-order valence-corrected chi connectivity index (χ0v) is 31.3. The number of thiophene rings is 1. The second-order valence-corrected chi connectivity index (χ2v) is 16.4. The van der Waals surface area contributed by atoms with Crippen LogP contribution in [0.2, 0.25) is 5.02 Å². The Morgan fingerprint density at radius 1 is 0.927 bits per heavy atom. The zero-order chi connectivity index (χ0) is 38.8. The Kier molecular flexibility index (Phi) is 7.69. The molecule has 12 nitrogen and oxygen atoms in total. The number of hydrogen-bond donors (Lipinski definition) is 3. The lowest BCUT2D eigenvalue weighted by Gasteiger charge is -2.49. The van der Waals surface area contributed by atoms with Crippen LogP contribution in [-0.4, -0.2) is 54.7 Å². The summed E-state index contributed by atoms with van der Waals surface area (Å²) in [6, 6.07) is 17.6. The van der Waals surface area contributed by atoms with Gasteiger partial charge >= 0.3 is 5.97 Å². The van der Waals surface area contributed by atoms with Crippen LogP contribution in [-0.2, 0) is 26.2 Å². The van der Waals surface area contributed by atoms with E-state index in [-0.39, 0.29) is 35.7 Å². The van der Waals surface area contributed by atoms with Crippen LogP contribution < -0.4 is 9.80 Å². The molecule has 4 aliphatic rings. The highest BCUT2D eigenvalue weighted by atomic mass is 35.5. The van der Waals surface area contributed by atoms with Crippen LogP contribution in [0.5, 0.6) is 11.5 Å². The average Bonchev–Trinajstić information content (AvgIpc) is 3.82. The summed E-state index contributed by atoms with van der Waals surface area (Å²) in [6.07, 6.45) is 2.13. The number of halogens is 1. The SMILES string of the molecule is Cc1c(-c2cc(N3C(=O)C4CC5C(=CCC6C(=O)N(c7ccc(C(=O)O)c(O)c7)C(=O)C65)C(c5ccccc5O)C4(C)C3=O)n(C)n2)sc2ccc(Cl)cc12. The monoisotopic (exact) mass is 776 g/mol. The molecule has 2 saturated heterocycles. The minimum Gasteiger partial charge on any atom is -0.508 e. The summed E-state index contributed by atoms with van der Waals surface area (Å²) >= 11 is 7.83. The first kappa shape index (κ1) is 34.9. The van der Waals surface area contributed by atoms with Gasteiger partial charge in [0.2, 0.25) is 23.6 Å². The number of phenolic OH excluding ortho intramolecular Hbond substituents is 1. The van der Waals surface area contributed by atoms with Gasteiger partial charge < -0.3 is 15.3 Å². The Balaban J connectivity index is 1.14. The largest absolute Gasteiger partial charge is 0.508 e. The van der Waals surface area contributed by atoms with Gasteiger partial charge in [0.1, 0.15) is 28.6 Å². The number of amides is 4. The molecule has 3 aromatic carbocycles. The van der Waals surface area contributed by atoms with Crippen LogP contribution in [0.4, 0.5) is 11.5 Å². The fraction of sp³-hybridized carbons (Fsp3) is 0.268. The van der Waals surface area contributed by atoms with E-state index in [2.05, 4.69) is 0 Å². The Morgan fingerprint density at radius 2 is 1.69 bits per heavy atom. The number of carboxylic acids is 1. The van der Waals surface area contributed by atoms with Crippen molar-refractivity contribution in [1.82, 2.24) is 9.78 Å². The van der Waals surface area contributed by atoms with Crippen molar-refractivity contribution >= 4 is 74.1 Å². The van der Waals surface area contributed by atoms with Crippen molar-refractivity contribution in [3.05, 3.63) is 100 Å². The van der Waals surface area contributed by atoms with Crippen LogP contribution in [0.15, 0.2) is 78.4 Å². The molecule has 278 valence electrons. The predicted octanol–water partition coefficient (Wildman–Crippen LogP) is 6.81. The lowest BCUT2D eigenvalue weighted by Crippen LogP contribution is -2.49. The molecule has 0 spiro atoms. The fourth-order valence-corrected chi connectivity index (χ4v) is 10.9. The van der Waals surface area contributed by atoms with E-state index in [0.29, 0.717) is 21.9 Å². The van der Waals surface area contributed by atoms with Crippen LogP contribution in [0, 0.1) is 36.0 Å². The molecule has 1 saturated carbocycles. The number of imide groups is 2. The summed E-state index contributed by atoms with van der Waals surface area (Å²) < 4.78 is 2.53. The number of carbonyl (C=O) groups excluding carboxylic acids is 4. The van der Waals surface area contributed by atoms with Gasteiger partial charge in [-0.1, -0.05) is 41.4 Å². The normalized spacial score (nSPS) is 26.0. The predicted molar refractivity (Wildman–Crippen MR) is 204 cm³/mol. The molecule has 6 atom stereocenters. The number of aryl methyl sites for hydroxylation is 2. The van der Waals surface area contributed by atoms with E-state index in [9.17, 15) is 34.5 Å². The Hall–Kier alpha value is -5.79. The van der Waals surface area contributed by atoms with Gasteiger partial charge in [-0.25, -0.2) is 14.6 Å². The van der Waals surface area contributed by atoms with Crippen LogP contribution in [0.25, 0.3) is 20.7 Å². The average molecular weight is 777 g/mol. The number of hydrogen-bond acceptors (Lipinski definition) is 9. The topological polar surface area (TPSA) is 170 Å². The van der Waals surface area contributed by atoms with Crippen molar-refractivity contribution in [2.45, 2.75) is 32.6 Å². The first-order valence-electron chi connectivity index (χ1n) is 17.8. The number of nitrogens with zero attached hydrogens (tertiary/aromatic N) is 4. The number of fused-ring (bicyclic) bond motifs is 5. The van der Waals surface area contributed by atoms with E-state index < -0.39 is 70.4 Å². The molecule has 4 heterocycles. The van der Waals surface area contributed by atoms with Crippen molar-refractivity contribution in [2.75, 3.05) is 9.80 Å². The molecule has 2 aliphatic carbocycles. The summed E-state index contributed by atoms with van der Waals surface area (Å²) in [5, 5.41) is 37.5. The number of aromatic carboxylic acids is 1. The number of aromatic hydroxyl groups is 2. The molecular weight excluding hydrogens is 744 g/mol. The van der Waals surface area contributed by atoms with Gasteiger partial charge in [0.15, 0.2) is 0 Å². The maximum absolute atomic E-state index is 15.0. The van der Waals surface area contributed by atoms with E-state index in [1.165, 1.54) is 33.1 Å². The first-order chi connectivity index (χ1) is 26.2. The molecule has 6 unspecified atom stereocenters. The minimum atomic E-state index is -1.39. The van der Waals surface area contributed by atoms with Crippen molar-refractivity contribution < 1.29 is 39.3 Å². The summed E-state index contributed by atoms with van der Waals surface area (Å²) in [7, 11) is 1.68. The number of aromatic nitrogens is 2. The molecular formula is C41H33ClN4O8S. The van der Waals surface area contributed by atoms with Crippen LogP contribution >= 0.6 is 22.9 Å². The van der Waals surface area contributed by atoms with E-state index in [1.54, 1.807) is 38.2 Å². The molecule has 4 amide bonds. The molecule has 9 rings (SSSR count). The van der Waals surface area contributed by atoms with E-state index in [0.717, 1.165) is 37.6 Å². The Morgan fingerprint density at radius 3 is 2.42 bits per heavy atom. The molecule has 55 heavy (non-hydrogen) atoms. The van der Waals surface area contributed by atoms with Crippen molar-refractivity contribution in [1.29, 1.82) is 0 Å². The third-order valence-electron chi connectivity index (χ3n) is 12.2. The number of rotatable bonds is 5. The van der Waals surface area contributed by atoms with E-state index >= 15 is 4.79 Å². The van der Waals surface area contributed by atoms with Crippen molar-refractivity contribution in [2.24, 2.45) is 36.1 Å². The highest BCUT2D eigenvalue weighted by Gasteiger charge is 2.68. The number of allylic oxidation sites excluding steroid dienone is 2. The standard InChI is InChI=1S/C41H33ClN4O8S/c1-18-25-14-19(42)8-13-31(25)55-35(18)28-17-32(44(3)43-28)46-37(50)27-16-26-21(34(41(27,2)40(46)54)22-6-4-5-7-29(22)47)11-12-24-33(26)38(51)45(36(24)49)20-9-10-23(39(52)53)30(48)15-20/h4-11,13-15,17,24,26-27,33-34,47-48H,12,16H2,1-3H3,(H,52,53). The number of benzene rings is 3. The quantitative estimate of drug-likeness (QED) is 0.128. The molecule has 3 N–H and O–H groups in total. The molecule has 2 aliphatic heterocycles. The van der Waals surface area contributed by atoms with Gasteiger partial charge in [-0.2, -0.15) is 5.10 Å². The molecule has 2 aromatic heterocycles. The molecule has 0 radical (unpaired) electrons. The Labute approximate surface area is 322 Å². The fourth-order valence-electron chi connectivity index (χ4n) is 9.62. The summed E-state index contributed by atoms with van der Waals surface area (Å²) in [4.78, 5) is 72.8. The number of carboxylic acid groups (broad SMARTS) is 1. The third kappa shape index (κ3) is 4.82. The first-order valence-corrected chi connectivity index (χ1v) is 18.9. The molecule has 3 fully saturated rings. The second kappa shape index (κ2) is 12.1. The summed E-state index contributed by atoms with van der Waals surface area (Å²) in [5.41, 5.74) is 0.955. The second-order valence-electron chi connectivity index (χ2n) is 14.9. The lowest BCUT2D eigenvalue weighted by atomic mass is 9.51. The van der Waals surface area contributed by atoms with Gasteiger partial charge in [-0.05, 0) is 80.0 Å². The lowest BCUT2D eigenvalue weighted by molar-refractivity contribution is -0.131. The maximum Gasteiger partial charge on any atom is 0.339 e. The third-order valence-corrected chi connectivity index (χ3v) is 13.7. The molecule has 14 heteroatoms. The smallest absolute Gasteiger partial charge is 0.339 e. The van der Waals surface area contributed by atoms with Crippen molar-refractivity contribution in [3.8, 4) is 22.1 Å². The van der Waals surface area contributed by atoms with Gasteiger partial charge in [-0.3, -0.25) is 23.9 Å². The van der Waals surface area contributed by atoms with Crippen molar-refractivity contribution in [3.63, 3.8) is 0 Å². The number of para-hydroxylation sites is 1. The van der Waals surface area contributed by atoms with Crippen LogP contribution in [0.3, 0.4) is 0 Å². The van der Waals surface area contributed by atoms with Gasteiger partial charge in [-0.15, -0.1) is 11.3 Å². The van der Waals surface area contributed by atoms with Gasteiger partial charge in [0, 0.05) is 40.4 Å². The van der Waals surface area contributed by atoms with E-state index in [4.69, 9.17) is 16.7 Å². The minimum absolute atomic E-state index is 0.0358. The zero-order valence-electron chi connectivity index (χ0n) is 29.7. The van der Waals surface area contributed by atoms with Crippen LogP contribution in [0.1, 0.15) is 47.2 Å². The molecule has 5 aromatic rings. The maximum atomic E-state index is 15.0. The van der Waals surface area contributed by atoms with Gasteiger partial charge in [0.25, 0.3) is 0 Å². The highest BCUT2D eigenvalue weighted by molar-refractivity contribution is 7.22. The Bertz CT molecular complexity index is 2610. The number of phenols is 2. The number of carbonyl (C=O) groups is 5. The number of anilines is 2. The summed E-state index contributed by atoms with van der Waals surface area (Å²) in [6.45, 7) is 3.72. The molecule has 0 bridgehead atoms.